The smallest absolute Gasteiger partial charge is 0.223 e. The van der Waals surface area contributed by atoms with Crippen molar-refractivity contribution in [3.8, 4) is 0 Å². The van der Waals surface area contributed by atoms with Gasteiger partial charge in [0.05, 0.1) is 5.69 Å². The SMILES string of the molecule is CC(=O)N(CCNC(=O)C1CCOCC1)c1c(C(C)C)cccc1C(C)C. The fourth-order valence-electron chi connectivity index (χ4n) is 3.65. The van der Waals surface area contributed by atoms with Gasteiger partial charge in [-0.25, -0.2) is 0 Å². The number of benzene rings is 1. The lowest BCUT2D eigenvalue weighted by molar-refractivity contribution is -0.127. The summed E-state index contributed by atoms with van der Waals surface area (Å²) in [6.07, 6.45) is 1.55. The molecular formula is C22H34N2O3. The van der Waals surface area contributed by atoms with Gasteiger partial charge < -0.3 is 15.0 Å². The van der Waals surface area contributed by atoms with Gasteiger partial charge in [0.25, 0.3) is 0 Å². The van der Waals surface area contributed by atoms with E-state index in [4.69, 9.17) is 4.74 Å². The van der Waals surface area contributed by atoms with Gasteiger partial charge in [-0.2, -0.15) is 0 Å². The molecule has 1 aromatic rings. The quantitative estimate of drug-likeness (QED) is 0.789. The topological polar surface area (TPSA) is 58.6 Å². The first-order chi connectivity index (χ1) is 12.8. The van der Waals surface area contributed by atoms with Crippen LogP contribution in [-0.2, 0) is 14.3 Å². The van der Waals surface area contributed by atoms with E-state index in [-0.39, 0.29) is 17.7 Å². The number of anilines is 1. The second kappa shape index (κ2) is 9.88. The zero-order valence-corrected chi connectivity index (χ0v) is 17.4. The molecule has 0 aliphatic carbocycles. The molecule has 150 valence electrons. The number of carbonyl (C=O) groups excluding carboxylic acids is 2. The molecule has 0 spiro atoms. The van der Waals surface area contributed by atoms with Crippen molar-refractivity contribution < 1.29 is 14.3 Å². The molecule has 5 nitrogen and oxygen atoms in total. The van der Waals surface area contributed by atoms with Gasteiger partial charge in [-0.3, -0.25) is 9.59 Å². The summed E-state index contributed by atoms with van der Waals surface area (Å²) in [6, 6.07) is 6.27. The molecule has 0 bridgehead atoms. The van der Waals surface area contributed by atoms with E-state index in [1.807, 2.05) is 4.90 Å². The van der Waals surface area contributed by atoms with E-state index in [9.17, 15) is 9.59 Å². The fraction of sp³-hybridized carbons (Fsp3) is 0.636. The van der Waals surface area contributed by atoms with Gasteiger partial charge in [0, 0.05) is 39.1 Å². The number of rotatable bonds is 7. The van der Waals surface area contributed by atoms with Crippen LogP contribution in [0.5, 0.6) is 0 Å². The third kappa shape index (κ3) is 5.55. The minimum absolute atomic E-state index is 0.00492. The lowest BCUT2D eigenvalue weighted by atomic mass is 9.92. The molecule has 0 atom stereocenters. The summed E-state index contributed by atoms with van der Waals surface area (Å²) >= 11 is 0. The van der Waals surface area contributed by atoms with Gasteiger partial charge in [-0.1, -0.05) is 45.9 Å². The van der Waals surface area contributed by atoms with Gasteiger partial charge in [0.1, 0.15) is 0 Å². The van der Waals surface area contributed by atoms with Crippen LogP contribution in [0.15, 0.2) is 18.2 Å². The molecule has 0 unspecified atom stereocenters. The van der Waals surface area contributed by atoms with Crippen LogP contribution < -0.4 is 10.2 Å². The molecule has 0 aromatic heterocycles. The van der Waals surface area contributed by atoms with E-state index in [2.05, 4.69) is 51.2 Å². The summed E-state index contributed by atoms with van der Waals surface area (Å²) in [5.41, 5.74) is 3.36. The molecule has 0 radical (unpaired) electrons. The number of hydrogen-bond acceptors (Lipinski definition) is 3. The molecule has 1 aliphatic heterocycles. The maximum Gasteiger partial charge on any atom is 0.223 e. The van der Waals surface area contributed by atoms with Crippen molar-refractivity contribution in [3.63, 3.8) is 0 Å². The average Bonchev–Trinajstić information content (AvgIpc) is 2.64. The molecule has 5 heteroatoms. The molecule has 0 saturated carbocycles. The highest BCUT2D eigenvalue weighted by Gasteiger charge is 2.24. The van der Waals surface area contributed by atoms with E-state index in [1.165, 1.54) is 11.1 Å². The summed E-state index contributed by atoms with van der Waals surface area (Å²) in [7, 11) is 0. The molecule has 2 amide bonds. The number of amides is 2. The minimum Gasteiger partial charge on any atom is -0.381 e. The monoisotopic (exact) mass is 374 g/mol. The Morgan fingerprint density at radius 2 is 1.67 bits per heavy atom. The first kappa shape index (κ1) is 21.4. The highest BCUT2D eigenvalue weighted by Crippen LogP contribution is 2.35. The fourth-order valence-corrected chi connectivity index (χ4v) is 3.65. The number of carbonyl (C=O) groups is 2. The largest absolute Gasteiger partial charge is 0.381 e. The molecule has 2 rings (SSSR count). The van der Waals surface area contributed by atoms with Crippen LogP contribution in [0.4, 0.5) is 5.69 Å². The van der Waals surface area contributed by atoms with Gasteiger partial charge in [0.15, 0.2) is 0 Å². The Morgan fingerprint density at radius 1 is 1.11 bits per heavy atom. The summed E-state index contributed by atoms with van der Waals surface area (Å²) in [5.74, 6) is 0.738. The summed E-state index contributed by atoms with van der Waals surface area (Å²) in [5, 5.41) is 3.02. The van der Waals surface area contributed by atoms with Crippen molar-refractivity contribution in [3.05, 3.63) is 29.3 Å². The molecule has 1 aliphatic rings. The van der Waals surface area contributed by atoms with Crippen molar-refractivity contribution >= 4 is 17.5 Å². The summed E-state index contributed by atoms with van der Waals surface area (Å²) in [6.45, 7) is 12.4. The highest BCUT2D eigenvalue weighted by molar-refractivity contribution is 5.93. The van der Waals surface area contributed by atoms with E-state index >= 15 is 0 Å². The Labute approximate surface area is 163 Å². The molecule has 27 heavy (non-hydrogen) atoms. The average molecular weight is 375 g/mol. The van der Waals surface area contributed by atoms with Crippen molar-refractivity contribution in [2.45, 2.75) is 59.3 Å². The van der Waals surface area contributed by atoms with Gasteiger partial charge in [-0.15, -0.1) is 0 Å². The second-order valence-electron chi connectivity index (χ2n) is 7.94. The van der Waals surface area contributed by atoms with Crippen LogP contribution >= 0.6 is 0 Å². The normalized spacial score (nSPS) is 15.2. The van der Waals surface area contributed by atoms with E-state index < -0.39 is 0 Å². The third-order valence-electron chi connectivity index (χ3n) is 5.22. The number of hydrogen-bond donors (Lipinski definition) is 1. The number of nitrogens with zero attached hydrogens (tertiary/aromatic N) is 1. The highest BCUT2D eigenvalue weighted by atomic mass is 16.5. The molecule has 1 fully saturated rings. The number of ether oxygens (including phenoxy) is 1. The zero-order valence-electron chi connectivity index (χ0n) is 17.4. The predicted octanol–water partition coefficient (Wildman–Crippen LogP) is 3.83. The maximum atomic E-state index is 12.5. The van der Waals surface area contributed by atoms with Crippen LogP contribution in [0.2, 0.25) is 0 Å². The Balaban J connectivity index is 2.15. The van der Waals surface area contributed by atoms with Gasteiger partial charge >= 0.3 is 0 Å². The van der Waals surface area contributed by atoms with E-state index in [0.29, 0.717) is 38.1 Å². The Morgan fingerprint density at radius 3 is 2.15 bits per heavy atom. The Bertz CT molecular complexity index is 623. The summed E-state index contributed by atoms with van der Waals surface area (Å²) < 4.78 is 5.32. The predicted molar refractivity (Wildman–Crippen MR) is 109 cm³/mol. The second-order valence-corrected chi connectivity index (χ2v) is 7.94. The Kier molecular flexibility index (Phi) is 7.84. The lowest BCUT2D eigenvalue weighted by Crippen LogP contribution is -2.41. The van der Waals surface area contributed by atoms with Crippen molar-refractivity contribution in [2.24, 2.45) is 5.92 Å². The summed E-state index contributed by atoms with van der Waals surface area (Å²) in [4.78, 5) is 26.7. The lowest BCUT2D eigenvalue weighted by Gasteiger charge is -2.30. The van der Waals surface area contributed by atoms with Crippen LogP contribution in [-0.4, -0.2) is 38.1 Å². The van der Waals surface area contributed by atoms with Gasteiger partial charge in [0.2, 0.25) is 11.8 Å². The first-order valence-corrected chi connectivity index (χ1v) is 10.1. The maximum absolute atomic E-state index is 12.5. The first-order valence-electron chi connectivity index (χ1n) is 10.1. The molecule has 1 aromatic carbocycles. The zero-order chi connectivity index (χ0) is 20.0. The third-order valence-corrected chi connectivity index (χ3v) is 5.22. The standard InChI is InChI=1S/C22H34N2O3/c1-15(2)19-7-6-8-20(16(3)4)21(19)24(17(5)25)12-11-23-22(26)18-9-13-27-14-10-18/h6-8,15-16,18H,9-14H2,1-5H3,(H,23,26). The molecule has 1 heterocycles. The molecule has 1 N–H and O–H groups in total. The van der Waals surface area contributed by atoms with E-state index in [0.717, 1.165) is 18.5 Å². The minimum atomic E-state index is 0.00492. The molecule has 1 saturated heterocycles. The van der Waals surface area contributed by atoms with Crippen LogP contribution in [0.3, 0.4) is 0 Å². The van der Waals surface area contributed by atoms with Crippen molar-refractivity contribution in [2.75, 3.05) is 31.2 Å². The van der Waals surface area contributed by atoms with Crippen LogP contribution in [0.25, 0.3) is 0 Å². The van der Waals surface area contributed by atoms with Crippen LogP contribution in [0, 0.1) is 5.92 Å². The van der Waals surface area contributed by atoms with Crippen molar-refractivity contribution in [1.29, 1.82) is 0 Å². The van der Waals surface area contributed by atoms with E-state index in [1.54, 1.807) is 6.92 Å². The number of nitrogens with one attached hydrogen (secondary N) is 1. The van der Waals surface area contributed by atoms with Crippen molar-refractivity contribution in [1.82, 2.24) is 5.32 Å². The van der Waals surface area contributed by atoms with Crippen LogP contribution in [0.1, 0.15) is 70.4 Å². The van der Waals surface area contributed by atoms with Gasteiger partial charge in [-0.05, 0) is 35.8 Å². The Hall–Kier alpha value is -1.88. The number of para-hydroxylation sites is 1. The molecular weight excluding hydrogens is 340 g/mol.